The van der Waals surface area contributed by atoms with Crippen LogP contribution in [0.5, 0.6) is 0 Å². The Morgan fingerprint density at radius 1 is 0.643 bits per heavy atom. The Kier molecular flexibility index (Phi) is 9.60. The van der Waals surface area contributed by atoms with Crippen LogP contribution in [0.15, 0.2) is 60.7 Å². The van der Waals surface area contributed by atoms with Crippen molar-refractivity contribution >= 4 is 28.5 Å². The quantitative estimate of drug-likeness (QED) is 0.190. The third kappa shape index (κ3) is 5.42. The standard InChI is InChI=1S/2C13H15.Hf.Si/c2*1-3-10-8-12-7-5-6-11(4-2)13(12)9-10;;/h2*5-9H,3-4H2,1-2H3;;/q2*-1;+2;. The Morgan fingerprint density at radius 3 is 1.36 bits per heavy atom. The first kappa shape index (κ1) is 23.0. The van der Waals surface area contributed by atoms with Gasteiger partial charge in [-0.05, 0) is 25.7 Å². The average Bonchev–Trinajstić information content (AvgIpc) is 3.38. The molecule has 0 saturated carbocycles. The molecule has 142 valence electrons. The van der Waals surface area contributed by atoms with E-state index in [9.17, 15) is 0 Å². The van der Waals surface area contributed by atoms with Gasteiger partial charge >= 0.3 is 29.9 Å². The average molecular weight is 549 g/mol. The summed E-state index contributed by atoms with van der Waals surface area (Å²) >= 11 is 1.11. The molecule has 2 heteroatoms. The fourth-order valence-electron chi connectivity index (χ4n) is 3.75. The number of aryl methyl sites for hydroxylation is 4. The van der Waals surface area contributed by atoms with Crippen LogP contribution in [-0.2, 0) is 48.7 Å². The second-order valence-electron chi connectivity index (χ2n) is 6.98. The van der Waals surface area contributed by atoms with Crippen LogP contribution in [0.4, 0.5) is 0 Å². The van der Waals surface area contributed by atoms with Crippen molar-refractivity contribution in [2.75, 3.05) is 0 Å². The van der Waals surface area contributed by atoms with E-state index in [1.54, 1.807) is 0 Å². The van der Waals surface area contributed by atoms with Crippen LogP contribution >= 0.6 is 0 Å². The first-order chi connectivity index (χ1) is 13.7. The fraction of sp³-hybridized carbons (Fsp3) is 0.308. The van der Waals surface area contributed by atoms with E-state index in [2.05, 4.69) is 95.3 Å². The molecule has 0 N–H and O–H groups in total. The zero-order valence-electron chi connectivity index (χ0n) is 17.6. The molecule has 0 unspecified atom stereocenters. The van der Waals surface area contributed by atoms with E-state index < -0.39 is 0 Å². The molecule has 0 bridgehead atoms. The Morgan fingerprint density at radius 2 is 1.04 bits per heavy atom. The topological polar surface area (TPSA) is 0 Å². The van der Waals surface area contributed by atoms with Crippen molar-refractivity contribution in [3.8, 4) is 0 Å². The number of rotatable bonds is 4. The number of hydrogen-bond acceptors (Lipinski definition) is 0. The van der Waals surface area contributed by atoms with E-state index in [0.717, 1.165) is 48.7 Å². The SMILES string of the molecule is CCc1cc2c(CC)cccc2[cH-]1.CCc1cc2c(CC)cccc2[cH-]1.[Si]=[Hf+2]. The van der Waals surface area contributed by atoms with Crippen LogP contribution in [0.3, 0.4) is 0 Å². The minimum absolute atomic E-state index is 1.11. The van der Waals surface area contributed by atoms with Crippen molar-refractivity contribution in [1.29, 1.82) is 0 Å². The fourth-order valence-corrected chi connectivity index (χ4v) is 3.75. The summed E-state index contributed by atoms with van der Waals surface area (Å²) in [6.45, 7) is 12.0. The second kappa shape index (κ2) is 11.7. The van der Waals surface area contributed by atoms with Crippen LogP contribution in [0.1, 0.15) is 49.9 Å². The third-order valence-corrected chi connectivity index (χ3v) is 5.38. The van der Waals surface area contributed by atoms with Gasteiger partial charge in [0.05, 0.1) is 0 Å². The van der Waals surface area contributed by atoms with E-state index in [-0.39, 0.29) is 0 Å². The van der Waals surface area contributed by atoms with Gasteiger partial charge < -0.3 is 0 Å². The molecular weight excluding hydrogens is 519 g/mol. The molecule has 4 aromatic rings. The Bertz CT molecular complexity index is 924. The van der Waals surface area contributed by atoms with Gasteiger partial charge in [-0.15, -0.1) is 69.1 Å². The van der Waals surface area contributed by atoms with Crippen molar-refractivity contribution < 1.29 is 23.0 Å². The van der Waals surface area contributed by atoms with E-state index in [0.29, 0.717) is 0 Å². The summed E-state index contributed by atoms with van der Waals surface area (Å²) in [4.78, 5) is 0. The van der Waals surface area contributed by atoms with Gasteiger partial charge in [-0.1, -0.05) is 51.0 Å². The predicted octanol–water partition coefficient (Wildman–Crippen LogP) is 6.98. The molecule has 4 aromatic carbocycles. The molecule has 2 radical (unpaired) electrons. The van der Waals surface area contributed by atoms with E-state index in [4.69, 9.17) is 0 Å². The van der Waals surface area contributed by atoms with Gasteiger partial charge in [-0.3, -0.25) is 0 Å². The van der Waals surface area contributed by atoms with Gasteiger partial charge in [0.2, 0.25) is 0 Å². The molecule has 0 heterocycles. The van der Waals surface area contributed by atoms with Crippen LogP contribution < -0.4 is 0 Å². The Balaban J connectivity index is 0.000000184. The normalized spacial score (nSPS) is 10.4. The third-order valence-electron chi connectivity index (χ3n) is 5.38. The second-order valence-corrected chi connectivity index (χ2v) is 6.98. The molecule has 0 saturated heterocycles. The van der Waals surface area contributed by atoms with Crippen LogP contribution in [0, 0.1) is 0 Å². The van der Waals surface area contributed by atoms with Crippen LogP contribution in [0.25, 0.3) is 21.5 Å². The zero-order chi connectivity index (χ0) is 20.5. The first-order valence-corrected chi connectivity index (χ1v) is 16.2. The summed E-state index contributed by atoms with van der Waals surface area (Å²) in [6.07, 6.45) is 4.53. The van der Waals surface area contributed by atoms with Gasteiger partial charge in [0.25, 0.3) is 0 Å². The summed E-state index contributed by atoms with van der Waals surface area (Å²) in [5, 5.41) is 5.69. The van der Waals surface area contributed by atoms with Gasteiger partial charge in [-0.2, -0.15) is 12.1 Å². The molecule has 0 aliphatic carbocycles. The molecular formula is C26H30HfSi. The molecule has 0 fully saturated rings. The van der Waals surface area contributed by atoms with Crippen molar-refractivity contribution in [1.82, 2.24) is 0 Å². The van der Waals surface area contributed by atoms with Gasteiger partial charge in [0.15, 0.2) is 0 Å². The number of hydrogen-bond donors (Lipinski definition) is 0. The molecule has 0 aliphatic heterocycles. The summed E-state index contributed by atoms with van der Waals surface area (Å²) in [5.41, 5.74) is 5.85. The van der Waals surface area contributed by atoms with Crippen LogP contribution in [0.2, 0.25) is 0 Å². The molecule has 0 aliphatic rings. The zero-order valence-corrected chi connectivity index (χ0v) is 22.2. The summed E-state index contributed by atoms with van der Waals surface area (Å²) < 4.78 is 0. The van der Waals surface area contributed by atoms with Crippen molar-refractivity contribution in [3.63, 3.8) is 0 Å². The van der Waals surface area contributed by atoms with Crippen molar-refractivity contribution in [2.45, 2.75) is 53.4 Å². The van der Waals surface area contributed by atoms with E-state index >= 15 is 0 Å². The predicted molar refractivity (Wildman–Crippen MR) is 122 cm³/mol. The maximum absolute atomic E-state index is 3.11. The van der Waals surface area contributed by atoms with Gasteiger partial charge in [0, 0.05) is 0 Å². The summed E-state index contributed by atoms with van der Waals surface area (Å²) in [6, 6.07) is 22.4. The Labute approximate surface area is 187 Å². The molecule has 28 heavy (non-hydrogen) atoms. The minimum atomic E-state index is 1.11. The van der Waals surface area contributed by atoms with Crippen molar-refractivity contribution in [2.24, 2.45) is 0 Å². The molecule has 0 spiro atoms. The van der Waals surface area contributed by atoms with E-state index in [1.165, 1.54) is 43.8 Å². The first-order valence-electron chi connectivity index (χ1n) is 10.3. The number of fused-ring (bicyclic) bond motifs is 2. The van der Waals surface area contributed by atoms with Gasteiger partial charge in [0.1, 0.15) is 0 Å². The monoisotopic (exact) mass is 550 g/mol. The maximum atomic E-state index is 3.11. The molecule has 0 atom stereocenters. The summed E-state index contributed by atoms with van der Waals surface area (Å²) in [7, 11) is 0. The number of benzene rings is 2. The molecule has 4 rings (SSSR count). The van der Waals surface area contributed by atoms with Gasteiger partial charge in [-0.25, -0.2) is 0 Å². The summed E-state index contributed by atoms with van der Waals surface area (Å²) in [5.74, 6) is 0. The van der Waals surface area contributed by atoms with Crippen LogP contribution in [-0.4, -0.2) is 6.94 Å². The molecule has 0 aromatic heterocycles. The van der Waals surface area contributed by atoms with E-state index in [1.807, 2.05) is 0 Å². The van der Waals surface area contributed by atoms with Crippen molar-refractivity contribution in [3.05, 3.63) is 82.9 Å². The molecule has 0 nitrogen and oxygen atoms in total. The Hall–Kier alpha value is -1.25. The molecule has 0 amide bonds.